The lowest BCUT2D eigenvalue weighted by molar-refractivity contribution is 0.100. The van der Waals surface area contributed by atoms with Crippen LogP contribution in [-0.2, 0) is 6.42 Å². The third-order valence-corrected chi connectivity index (χ3v) is 2.56. The minimum Gasteiger partial charge on any atom is -0.383 e. The maximum atomic E-state index is 13.8. The molecule has 0 atom stereocenters. The van der Waals surface area contributed by atoms with Gasteiger partial charge in [0.15, 0.2) is 0 Å². The van der Waals surface area contributed by atoms with E-state index >= 15 is 0 Å². The number of carbonyl (C=O) groups excluding carboxylic acids is 1. The maximum absolute atomic E-state index is 13.8. The van der Waals surface area contributed by atoms with Gasteiger partial charge in [0, 0.05) is 6.42 Å². The van der Waals surface area contributed by atoms with Crippen molar-refractivity contribution in [2.75, 3.05) is 5.73 Å². The molecule has 0 radical (unpaired) electrons. The first kappa shape index (κ1) is 12.0. The van der Waals surface area contributed by atoms with E-state index in [-0.39, 0.29) is 17.1 Å². The van der Waals surface area contributed by atoms with Crippen LogP contribution >= 0.6 is 0 Å². The number of benzene rings is 1. The number of primary amides is 1. The fraction of sp³-hybridized carbons (Fsp3) is 0.0769. The van der Waals surface area contributed by atoms with Gasteiger partial charge < -0.3 is 11.5 Å². The molecule has 0 bridgehead atoms. The van der Waals surface area contributed by atoms with Crippen molar-refractivity contribution in [2.45, 2.75) is 6.42 Å². The Morgan fingerprint density at radius 2 is 1.94 bits per heavy atom. The van der Waals surface area contributed by atoms with E-state index in [0.717, 1.165) is 11.6 Å². The summed E-state index contributed by atoms with van der Waals surface area (Å²) in [7, 11) is 0. The van der Waals surface area contributed by atoms with Crippen LogP contribution in [0.25, 0.3) is 0 Å². The van der Waals surface area contributed by atoms with Crippen LogP contribution in [-0.4, -0.2) is 10.9 Å². The van der Waals surface area contributed by atoms with Gasteiger partial charge in [-0.25, -0.2) is 9.37 Å². The van der Waals surface area contributed by atoms with E-state index < -0.39 is 11.7 Å². The maximum Gasteiger partial charge on any atom is 0.252 e. The normalized spacial score (nSPS) is 10.3. The SMILES string of the molecule is NC(=O)c1cc(F)c(Cc2ccccc2)nc1N. The Hall–Kier alpha value is -2.43. The van der Waals surface area contributed by atoms with Crippen molar-refractivity contribution in [3.63, 3.8) is 0 Å². The zero-order valence-corrected chi connectivity index (χ0v) is 9.56. The topological polar surface area (TPSA) is 82.0 Å². The first-order chi connectivity index (χ1) is 8.58. The van der Waals surface area contributed by atoms with Gasteiger partial charge in [-0.15, -0.1) is 0 Å². The Labute approximate surface area is 103 Å². The summed E-state index contributed by atoms with van der Waals surface area (Å²) in [4.78, 5) is 14.9. The van der Waals surface area contributed by atoms with E-state index in [1.54, 1.807) is 0 Å². The van der Waals surface area contributed by atoms with Crippen LogP contribution in [0.15, 0.2) is 36.4 Å². The van der Waals surface area contributed by atoms with E-state index in [2.05, 4.69) is 4.98 Å². The fourth-order valence-electron chi connectivity index (χ4n) is 1.65. The Morgan fingerprint density at radius 3 is 2.56 bits per heavy atom. The van der Waals surface area contributed by atoms with Crippen molar-refractivity contribution in [1.29, 1.82) is 0 Å². The van der Waals surface area contributed by atoms with Crippen LogP contribution in [0.3, 0.4) is 0 Å². The highest BCUT2D eigenvalue weighted by molar-refractivity contribution is 5.97. The molecule has 0 fully saturated rings. The van der Waals surface area contributed by atoms with Crippen molar-refractivity contribution in [2.24, 2.45) is 5.73 Å². The number of hydrogen-bond donors (Lipinski definition) is 2. The average Bonchev–Trinajstić information content (AvgIpc) is 2.34. The second kappa shape index (κ2) is 4.83. The highest BCUT2D eigenvalue weighted by atomic mass is 19.1. The zero-order chi connectivity index (χ0) is 13.1. The Kier molecular flexibility index (Phi) is 3.23. The van der Waals surface area contributed by atoms with Gasteiger partial charge in [0.25, 0.3) is 5.91 Å². The molecule has 4 N–H and O–H groups in total. The second-order valence-electron chi connectivity index (χ2n) is 3.88. The largest absolute Gasteiger partial charge is 0.383 e. The van der Waals surface area contributed by atoms with E-state index in [1.165, 1.54) is 0 Å². The number of nitrogens with two attached hydrogens (primary N) is 2. The molecule has 1 aromatic carbocycles. The predicted octanol–water partition coefficient (Wildman–Crippen LogP) is 1.49. The monoisotopic (exact) mass is 245 g/mol. The molecule has 92 valence electrons. The van der Waals surface area contributed by atoms with E-state index in [9.17, 15) is 9.18 Å². The fourth-order valence-corrected chi connectivity index (χ4v) is 1.65. The van der Waals surface area contributed by atoms with Gasteiger partial charge in [-0.2, -0.15) is 0 Å². The third kappa shape index (κ3) is 2.45. The molecule has 0 spiro atoms. The molecule has 1 aromatic heterocycles. The molecule has 0 saturated carbocycles. The first-order valence-electron chi connectivity index (χ1n) is 5.36. The van der Waals surface area contributed by atoms with Crippen molar-refractivity contribution in [1.82, 2.24) is 4.98 Å². The van der Waals surface area contributed by atoms with Gasteiger partial charge in [0.1, 0.15) is 11.6 Å². The van der Waals surface area contributed by atoms with Crippen molar-refractivity contribution >= 4 is 11.7 Å². The molecule has 0 aliphatic rings. The van der Waals surface area contributed by atoms with Crippen LogP contribution in [0, 0.1) is 5.82 Å². The molecule has 4 nitrogen and oxygen atoms in total. The van der Waals surface area contributed by atoms with Gasteiger partial charge in [-0.1, -0.05) is 30.3 Å². The highest BCUT2D eigenvalue weighted by Crippen LogP contribution is 2.16. The molecule has 0 unspecified atom stereocenters. The minimum atomic E-state index is -0.787. The van der Waals surface area contributed by atoms with E-state index in [4.69, 9.17) is 11.5 Å². The molecule has 1 amide bonds. The van der Waals surface area contributed by atoms with Crippen LogP contribution in [0.1, 0.15) is 21.6 Å². The number of nitrogen functional groups attached to an aromatic ring is 1. The summed E-state index contributed by atoms with van der Waals surface area (Å²) in [6.45, 7) is 0. The number of anilines is 1. The lowest BCUT2D eigenvalue weighted by Crippen LogP contribution is -2.16. The minimum absolute atomic E-state index is 0.0465. The molecular weight excluding hydrogens is 233 g/mol. The standard InChI is InChI=1S/C13H12FN3O/c14-10-7-9(13(16)18)12(15)17-11(10)6-8-4-2-1-3-5-8/h1-5,7H,6H2,(H2,15,17)(H2,16,18). The predicted molar refractivity (Wildman–Crippen MR) is 66.4 cm³/mol. The number of amides is 1. The highest BCUT2D eigenvalue weighted by Gasteiger charge is 2.13. The van der Waals surface area contributed by atoms with Gasteiger partial charge in [0.05, 0.1) is 11.3 Å². The van der Waals surface area contributed by atoms with Crippen LogP contribution in [0.4, 0.5) is 10.2 Å². The van der Waals surface area contributed by atoms with Gasteiger partial charge in [0.2, 0.25) is 0 Å². The van der Waals surface area contributed by atoms with Gasteiger partial charge in [-0.05, 0) is 11.6 Å². The number of carbonyl (C=O) groups is 1. The Balaban J connectivity index is 2.35. The van der Waals surface area contributed by atoms with Crippen LogP contribution < -0.4 is 11.5 Å². The summed E-state index contributed by atoms with van der Waals surface area (Å²) in [5.74, 6) is -1.41. The lowest BCUT2D eigenvalue weighted by atomic mass is 10.1. The summed E-state index contributed by atoms with van der Waals surface area (Å²) < 4.78 is 13.8. The Morgan fingerprint density at radius 1 is 1.28 bits per heavy atom. The van der Waals surface area contributed by atoms with Crippen molar-refractivity contribution in [3.05, 3.63) is 59.0 Å². The van der Waals surface area contributed by atoms with E-state index in [0.29, 0.717) is 6.42 Å². The molecule has 2 rings (SSSR count). The lowest BCUT2D eigenvalue weighted by Gasteiger charge is -2.07. The number of rotatable bonds is 3. The summed E-state index contributed by atoms with van der Waals surface area (Å²) in [5, 5.41) is 0. The molecule has 0 saturated heterocycles. The van der Waals surface area contributed by atoms with Crippen LogP contribution in [0.5, 0.6) is 0 Å². The molecular formula is C13H12FN3O. The first-order valence-corrected chi connectivity index (χ1v) is 5.36. The van der Waals surface area contributed by atoms with E-state index in [1.807, 2.05) is 30.3 Å². The summed E-state index contributed by atoms with van der Waals surface area (Å²) >= 11 is 0. The Bertz CT molecular complexity index is 584. The molecule has 2 aromatic rings. The quantitative estimate of drug-likeness (QED) is 0.859. The molecule has 0 aliphatic carbocycles. The molecule has 5 heteroatoms. The zero-order valence-electron chi connectivity index (χ0n) is 9.56. The summed E-state index contributed by atoms with van der Waals surface area (Å²) in [6, 6.07) is 10.3. The third-order valence-electron chi connectivity index (χ3n) is 2.56. The number of nitrogens with zero attached hydrogens (tertiary/aromatic N) is 1. The van der Waals surface area contributed by atoms with Crippen molar-refractivity contribution < 1.29 is 9.18 Å². The number of pyridine rings is 1. The number of aromatic nitrogens is 1. The second-order valence-corrected chi connectivity index (χ2v) is 3.88. The van der Waals surface area contributed by atoms with Gasteiger partial charge in [-0.3, -0.25) is 4.79 Å². The summed E-state index contributed by atoms with van der Waals surface area (Å²) in [5.41, 5.74) is 11.6. The van der Waals surface area contributed by atoms with Crippen LogP contribution in [0.2, 0.25) is 0 Å². The molecule has 1 heterocycles. The smallest absolute Gasteiger partial charge is 0.252 e. The van der Waals surface area contributed by atoms with Crippen molar-refractivity contribution in [3.8, 4) is 0 Å². The average molecular weight is 245 g/mol. The number of hydrogen-bond acceptors (Lipinski definition) is 3. The summed E-state index contributed by atoms with van der Waals surface area (Å²) in [6.07, 6.45) is 0.315. The van der Waals surface area contributed by atoms with Gasteiger partial charge >= 0.3 is 0 Å². The molecule has 0 aliphatic heterocycles. The number of halogens is 1. The molecule has 18 heavy (non-hydrogen) atoms.